The molecule has 3 rings (SSSR count). The highest BCUT2D eigenvalue weighted by molar-refractivity contribution is 7.98. The van der Waals surface area contributed by atoms with E-state index >= 15 is 0 Å². The molecule has 1 aromatic carbocycles. The van der Waals surface area contributed by atoms with Crippen molar-refractivity contribution in [3.63, 3.8) is 0 Å². The first-order chi connectivity index (χ1) is 10.2. The van der Waals surface area contributed by atoms with Crippen LogP contribution in [0.2, 0.25) is 5.02 Å². The lowest BCUT2D eigenvalue weighted by molar-refractivity contribution is -0.0228. The molecule has 1 saturated heterocycles. The van der Waals surface area contributed by atoms with Crippen LogP contribution >= 0.6 is 23.4 Å². The van der Waals surface area contributed by atoms with Gasteiger partial charge in [-0.15, -0.1) is 11.8 Å². The number of nitrogens with one attached hydrogen (secondary N) is 1. The van der Waals surface area contributed by atoms with Crippen molar-refractivity contribution in [3.8, 4) is 0 Å². The number of halogens is 1. The van der Waals surface area contributed by atoms with Gasteiger partial charge < -0.3 is 14.9 Å². The molecule has 21 heavy (non-hydrogen) atoms. The summed E-state index contributed by atoms with van der Waals surface area (Å²) < 4.78 is 5.24. The number of aliphatic hydroxyl groups is 1. The molecule has 0 radical (unpaired) electrons. The Labute approximate surface area is 132 Å². The molecule has 5 nitrogen and oxygen atoms in total. The molecular formula is C14H16ClN3O2S. The van der Waals surface area contributed by atoms with Gasteiger partial charge in [-0.25, -0.2) is 0 Å². The third-order valence-corrected chi connectivity index (χ3v) is 4.69. The van der Waals surface area contributed by atoms with Gasteiger partial charge in [0.15, 0.2) is 5.82 Å². The van der Waals surface area contributed by atoms with Crippen molar-refractivity contribution in [2.45, 2.75) is 29.1 Å². The molecule has 0 saturated carbocycles. The van der Waals surface area contributed by atoms with E-state index in [1.54, 1.807) is 11.8 Å². The van der Waals surface area contributed by atoms with E-state index in [0.717, 1.165) is 18.0 Å². The lowest BCUT2D eigenvalue weighted by Gasteiger charge is -2.28. The van der Waals surface area contributed by atoms with Gasteiger partial charge in [0.25, 0.3) is 5.89 Å². The monoisotopic (exact) mass is 325 g/mol. The molecule has 1 aliphatic rings. The van der Waals surface area contributed by atoms with Gasteiger partial charge in [-0.3, -0.25) is 0 Å². The Bertz CT molecular complexity index is 614. The SMILES string of the molecule is OC1(c2nc(CSc3cccc(Cl)c3)no2)CCNCC1. The Morgan fingerprint density at radius 1 is 1.38 bits per heavy atom. The molecule has 1 aliphatic heterocycles. The maximum Gasteiger partial charge on any atom is 0.258 e. The Hall–Kier alpha value is -1.08. The molecule has 0 unspecified atom stereocenters. The summed E-state index contributed by atoms with van der Waals surface area (Å²) in [5, 5.41) is 18.4. The minimum absolute atomic E-state index is 0.325. The summed E-state index contributed by atoms with van der Waals surface area (Å²) in [5.41, 5.74) is -0.989. The lowest BCUT2D eigenvalue weighted by atomic mass is 9.92. The van der Waals surface area contributed by atoms with Gasteiger partial charge in [-0.05, 0) is 44.1 Å². The summed E-state index contributed by atoms with van der Waals surface area (Å²) in [5.74, 6) is 1.49. The van der Waals surface area contributed by atoms with Crippen LogP contribution in [0.1, 0.15) is 24.6 Å². The second-order valence-corrected chi connectivity index (χ2v) is 6.53. The molecule has 1 aromatic heterocycles. The molecule has 2 heterocycles. The van der Waals surface area contributed by atoms with Gasteiger partial charge in [0.05, 0.1) is 5.75 Å². The predicted molar refractivity (Wildman–Crippen MR) is 81.3 cm³/mol. The summed E-state index contributed by atoms with van der Waals surface area (Å²) in [4.78, 5) is 5.38. The first-order valence-electron chi connectivity index (χ1n) is 6.80. The topological polar surface area (TPSA) is 71.2 Å². The van der Waals surface area contributed by atoms with Crippen molar-refractivity contribution in [1.29, 1.82) is 0 Å². The van der Waals surface area contributed by atoms with Crippen LogP contribution in [-0.2, 0) is 11.4 Å². The number of hydrogen-bond donors (Lipinski definition) is 2. The zero-order chi connectivity index (χ0) is 14.7. The van der Waals surface area contributed by atoms with Gasteiger partial charge in [0.1, 0.15) is 5.60 Å². The minimum atomic E-state index is -0.989. The fourth-order valence-corrected chi connectivity index (χ4v) is 3.31. The average Bonchev–Trinajstić information content (AvgIpc) is 2.96. The molecule has 0 spiro atoms. The lowest BCUT2D eigenvalue weighted by Crippen LogP contribution is -2.39. The average molecular weight is 326 g/mol. The molecule has 7 heteroatoms. The molecule has 0 atom stereocenters. The van der Waals surface area contributed by atoms with Crippen molar-refractivity contribution in [2.75, 3.05) is 13.1 Å². The summed E-state index contributed by atoms with van der Waals surface area (Å²) in [7, 11) is 0. The number of rotatable bonds is 4. The van der Waals surface area contributed by atoms with Crippen LogP contribution in [0.25, 0.3) is 0 Å². The van der Waals surface area contributed by atoms with Gasteiger partial charge >= 0.3 is 0 Å². The van der Waals surface area contributed by atoms with E-state index in [0.29, 0.717) is 35.3 Å². The largest absolute Gasteiger partial charge is 0.380 e. The van der Waals surface area contributed by atoms with E-state index in [4.69, 9.17) is 16.1 Å². The summed E-state index contributed by atoms with van der Waals surface area (Å²) in [6, 6.07) is 7.63. The number of aromatic nitrogens is 2. The third-order valence-electron chi connectivity index (χ3n) is 3.46. The molecule has 2 aromatic rings. The normalized spacial score (nSPS) is 17.8. The van der Waals surface area contributed by atoms with E-state index in [1.165, 1.54) is 0 Å². The molecule has 1 fully saturated rings. The highest BCUT2D eigenvalue weighted by atomic mass is 35.5. The van der Waals surface area contributed by atoms with Crippen LogP contribution < -0.4 is 5.32 Å². The van der Waals surface area contributed by atoms with Crippen molar-refractivity contribution >= 4 is 23.4 Å². The summed E-state index contributed by atoms with van der Waals surface area (Å²) >= 11 is 7.53. The number of piperidine rings is 1. The van der Waals surface area contributed by atoms with Crippen molar-refractivity contribution in [2.24, 2.45) is 0 Å². The first kappa shape index (κ1) is 14.8. The quantitative estimate of drug-likeness (QED) is 0.842. The van der Waals surface area contributed by atoms with E-state index in [1.807, 2.05) is 24.3 Å². The minimum Gasteiger partial charge on any atom is -0.380 e. The Morgan fingerprint density at radius 2 is 2.19 bits per heavy atom. The highest BCUT2D eigenvalue weighted by Crippen LogP contribution is 2.30. The van der Waals surface area contributed by atoms with Gasteiger partial charge in [0, 0.05) is 9.92 Å². The van der Waals surface area contributed by atoms with Crippen LogP contribution in [0.15, 0.2) is 33.7 Å². The summed E-state index contributed by atoms with van der Waals surface area (Å²) in [6.07, 6.45) is 1.19. The standard InChI is InChI=1S/C14H16ClN3O2S/c15-10-2-1-3-11(8-10)21-9-12-17-13(20-18-12)14(19)4-6-16-7-5-14/h1-3,8,16,19H,4-7,9H2. The number of benzene rings is 1. The van der Waals surface area contributed by atoms with Crippen molar-refractivity contribution < 1.29 is 9.63 Å². The van der Waals surface area contributed by atoms with E-state index < -0.39 is 5.60 Å². The van der Waals surface area contributed by atoms with E-state index in [-0.39, 0.29) is 0 Å². The maximum atomic E-state index is 10.5. The Morgan fingerprint density at radius 3 is 2.95 bits per heavy atom. The summed E-state index contributed by atoms with van der Waals surface area (Å²) in [6.45, 7) is 1.51. The fourth-order valence-electron chi connectivity index (χ4n) is 2.26. The van der Waals surface area contributed by atoms with E-state index in [9.17, 15) is 5.11 Å². The smallest absolute Gasteiger partial charge is 0.258 e. The maximum absolute atomic E-state index is 10.5. The molecule has 2 N–H and O–H groups in total. The van der Waals surface area contributed by atoms with Crippen LogP contribution in [0.4, 0.5) is 0 Å². The zero-order valence-corrected chi connectivity index (χ0v) is 13.0. The second kappa shape index (κ2) is 6.36. The van der Waals surface area contributed by atoms with Gasteiger partial charge in [0.2, 0.25) is 0 Å². The Balaban J connectivity index is 1.65. The molecule has 0 aliphatic carbocycles. The number of thioether (sulfide) groups is 1. The predicted octanol–water partition coefficient (Wildman–Crippen LogP) is 2.59. The van der Waals surface area contributed by atoms with Crippen molar-refractivity contribution in [1.82, 2.24) is 15.5 Å². The molecule has 112 valence electrons. The van der Waals surface area contributed by atoms with Crippen LogP contribution in [0.3, 0.4) is 0 Å². The molecular weight excluding hydrogens is 310 g/mol. The van der Waals surface area contributed by atoms with Gasteiger partial charge in [-0.1, -0.05) is 22.8 Å². The van der Waals surface area contributed by atoms with Gasteiger partial charge in [-0.2, -0.15) is 4.98 Å². The van der Waals surface area contributed by atoms with Crippen LogP contribution in [0, 0.1) is 0 Å². The highest BCUT2D eigenvalue weighted by Gasteiger charge is 2.36. The fraction of sp³-hybridized carbons (Fsp3) is 0.429. The number of nitrogens with zero attached hydrogens (tertiary/aromatic N) is 2. The second-order valence-electron chi connectivity index (χ2n) is 5.04. The van der Waals surface area contributed by atoms with E-state index in [2.05, 4.69) is 15.5 Å². The molecule has 0 bridgehead atoms. The Kier molecular flexibility index (Phi) is 4.49. The molecule has 0 amide bonds. The third kappa shape index (κ3) is 3.58. The zero-order valence-electron chi connectivity index (χ0n) is 11.4. The van der Waals surface area contributed by atoms with Crippen LogP contribution in [0.5, 0.6) is 0 Å². The van der Waals surface area contributed by atoms with Crippen molar-refractivity contribution in [3.05, 3.63) is 41.0 Å². The number of hydrogen-bond acceptors (Lipinski definition) is 6. The van der Waals surface area contributed by atoms with Crippen LogP contribution in [-0.4, -0.2) is 28.3 Å². The first-order valence-corrected chi connectivity index (χ1v) is 8.17.